The van der Waals surface area contributed by atoms with E-state index in [-0.39, 0.29) is 0 Å². The molecule has 0 spiro atoms. The second-order valence-corrected chi connectivity index (χ2v) is 9.34. The van der Waals surface area contributed by atoms with Gasteiger partial charge < -0.3 is 9.04 Å². The van der Waals surface area contributed by atoms with Gasteiger partial charge in [-0.2, -0.15) is 13.2 Å². The zero-order valence-electron chi connectivity index (χ0n) is 19.0. The molecule has 8 heteroatoms. The van der Waals surface area contributed by atoms with E-state index in [9.17, 15) is 13.2 Å². The van der Waals surface area contributed by atoms with Gasteiger partial charge >= 0.3 is 5.51 Å². The summed E-state index contributed by atoms with van der Waals surface area (Å²) in [6.07, 6.45) is 17.0. The zero-order valence-corrected chi connectivity index (χ0v) is 19.8. The van der Waals surface area contributed by atoms with Crippen LogP contribution in [0.1, 0.15) is 105 Å². The van der Waals surface area contributed by atoms with Gasteiger partial charge in [-0.3, -0.25) is 0 Å². The molecule has 0 aromatic rings. The second kappa shape index (κ2) is 17.4. The van der Waals surface area contributed by atoms with Crippen molar-refractivity contribution in [3.05, 3.63) is 0 Å². The molecule has 0 atom stereocenters. The maximum atomic E-state index is 10.7. The third-order valence-corrected chi connectivity index (χ3v) is 5.79. The Balaban J connectivity index is 0. The van der Waals surface area contributed by atoms with E-state index in [1.54, 1.807) is 0 Å². The summed E-state index contributed by atoms with van der Waals surface area (Å²) in [7, 11) is -6.09. The van der Waals surface area contributed by atoms with Crippen LogP contribution in [0.5, 0.6) is 0 Å². The van der Waals surface area contributed by atoms with Crippen molar-refractivity contribution in [1.29, 1.82) is 0 Å². The van der Waals surface area contributed by atoms with E-state index in [1.807, 2.05) is 0 Å². The molecule has 0 aliphatic rings. The summed E-state index contributed by atoms with van der Waals surface area (Å²) in [5.74, 6) is 0. The Morgan fingerprint density at radius 3 is 1.21 bits per heavy atom. The maximum Gasteiger partial charge on any atom is 0.485 e. The van der Waals surface area contributed by atoms with E-state index >= 15 is 0 Å². The predicted octanol–water partition coefficient (Wildman–Crippen LogP) is 6.62. The largest absolute Gasteiger partial charge is 0.741 e. The number of nitrogens with zero attached hydrogens (tertiary/aromatic N) is 1. The molecule has 4 nitrogen and oxygen atoms in total. The highest BCUT2D eigenvalue weighted by Crippen LogP contribution is 2.20. The molecule has 0 aromatic carbocycles. The van der Waals surface area contributed by atoms with Crippen LogP contribution in [0.25, 0.3) is 0 Å². The minimum Gasteiger partial charge on any atom is -0.741 e. The molecule has 0 heterocycles. The van der Waals surface area contributed by atoms with Crippen LogP contribution in [0.15, 0.2) is 0 Å². The molecular formula is C21H44F3NO3S. The highest BCUT2D eigenvalue weighted by molar-refractivity contribution is 7.86. The molecule has 0 aliphatic carbocycles. The third-order valence-electron chi connectivity index (χ3n) is 5.23. The highest BCUT2D eigenvalue weighted by Gasteiger charge is 2.36. The Hall–Kier alpha value is -0.340. The SMILES string of the molecule is CCCCCCCC[N+](CCCC)(CCCC)CCCC.O=S(=O)([O-])C(F)(F)F. The summed E-state index contributed by atoms with van der Waals surface area (Å²) in [5, 5.41) is 0. The molecule has 0 aliphatic heterocycles. The molecule has 0 unspecified atom stereocenters. The molecular weight excluding hydrogens is 403 g/mol. The van der Waals surface area contributed by atoms with Crippen molar-refractivity contribution in [2.45, 2.75) is 110 Å². The lowest BCUT2D eigenvalue weighted by Gasteiger charge is -2.39. The summed E-state index contributed by atoms with van der Waals surface area (Å²) >= 11 is 0. The minimum absolute atomic E-state index is 1.36. The van der Waals surface area contributed by atoms with E-state index in [1.165, 1.54) is 108 Å². The normalized spacial score (nSPS) is 12.6. The Kier molecular flexibility index (Phi) is 18.5. The van der Waals surface area contributed by atoms with E-state index in [0.29, 0.717) is 0 Å². The van der Waals surface area contributed by atoms with E-state index in [2.05, 4.69) is 27.7 Å². The Bertz CT molecular complexity index is 447. The van der Waals surface area contributed by atoms with Gasteiger partial charge in [-0.25, -0.2) is 8.42 Å². The number of quaternary nitrogens is 1. The molecule has 0 aromatic heterocycles. The number of hydrogen-bond donors (Lipinski definition) is 0. The average molecular weight is 448 g/mol. The van der Waals surface area contributed by atoms with Crippen LogP contribution >= 0.6 is 0 Å². The van der Waals surface area contributed by atoms with Gasteiger partial charge in [0.25, 0.3) is 0 Å². The standard InChI is InChI=1S/C20H44N.CHF3O3S/c1-5-9-13-14-15-16-20-21(17-10-6-2,18-11-7-3)19-12-8-4;2-1(3,4)8(5,6)7/h5-20H2,1-4H3;(H,5,6,7)/q+1;/p-1. The molecule has 0 radical (unpaired) electrons. The summed E-state index contributed by atoms with van der Waals surface area (Å²) in [4.78, 5) is 0. The topological polar surface area (TPSA) is 57.2 Å². The van der Waals surface area contributed by atoms with Crippen molar-refractivity contribution in [1.82, 2.24) is 0 Å². The lowest BCUT2D eigenvalue weighted by Crippen LogP contribution is -2.50. The zero-order chi connectivity index (χ0) is 22.8. The van der Waals surface area contributed by atoms with Crippen molar-refractivity contribution in [2.24, 2.45) is 0 Å². The Morgan fingerprint density at radius 2 is 0.897 bits per heavy atom. The van der Waals surface area contributed by atoms with Gasteiger partial charge in [0.1, 0.15) is 0 Å². The van der Waals surface area contributed by atoms with Gasteiger partial charge in [-0.05, 0) is 32.1 Å². The monoisotopic (exact) mass is 447 g/mol. The van der Waals surface area contributed by atoms with E-state index < -0.39 is 15.6 Å². The van der Waals surface area contributed by atoms with Crippen molar-refractivity contribution in [2.75, 3.05) is 26.2 Å². The third kappa shape index (κ3) is 17.1. The molecule has 0 saturated carbocycles. The molecule has 0 saturated heterocycles. The quantitative estimate of drug-likeness (QED) is 0.116. The fourth-order valence-corrected chi connectivity index (χ4v) is 3.38. The smallest absolute Gasteiger partial charge is 0.485 e. The van der Waals surface area contributed by atoms with E-state index in [4.69, 9.17) is 13.0 Å². The van der Waals surface area contributed by atoms with Gasteiger partial charge in [0.05, 0.1) is 26.2 Å². The summed E-state index contributed by atoms with van der Waals surface area (Å²) in [6, 6.07) is 0. The fraction of sp³-hybridized carbons (Fsp3) is 1.00. The predicted molar refractivity (Wildman–Crippen MR) is 114 cm³/mol. The van der Waals surface area contributed by atoms with Crippen LogP contribution in [0.4, 0.5) is 13.2 Å². The van der Waals surface area contributed by atoms with Gasteiger partial charge in [-0.1, -0.05) is 72.6 Å². The highest BCUT2D eigenvalue weighted by atomic mass is 32.2. The first-order valence-electron chi connectivity index (χ1n) is 11.4. The van der Waals surface area contributed by atoms with Crippen LogP contribution in [0.3, 0.4) is 0 Å². The molecule has 178 valence electrons. The van der Waals surface area contributed by atoms with Crippen molar-refractivity contribution >= 4 is 10.1 Å². The van der Waals surface area contributed by atoms with Crippen LogP contribution in [-0.4, -0.2) is 49.1 Å². The lowest BCUT2D eigenvalue weighted by molar-refractivity contribution is -0.929. The van der Waals surface area contributed by atoms with Crippen LogP contribution in [-0.2, 0) is 10.1 Å². The molecule has 0 amide bonds. The second-order valence-electron chi connectivity index (χ2n) is 7.96. The van der Waals surface area contributed by atoms with Crippen molar-refractivity contribution in [3.8, 4) is 0 Å². The Morgan fingerprint density at radius 1 is 0.621 bits per heavy atom. The van der Waals surface area contributed by atoms with E-state index in [0.717, 1.165) is 0 Å². The van der Waals surface area contributed by atoms with Crippen LogP contribution in [0, 0.1) is 0 Å². The first-order valence-corrected chi connectivity index (χ1v) is 12.8. The van der Waals surface area contributed by atoms with Gasteiger partial charge in [0, 0.05) is 0 Å². The molecule has 0 N–H and O–H groups in total. The van der Waals surface area contributed by atoms with Crippen molar-refractivity contribution in [3.63, 3.8) is 0 Å². The average Bonchev–Trinajstić information content (AvgIpc) is 2.64. The first-order chi connectivity index (χ1) is 13.5. The minimum atomic E-state index is -6.09. The molecule has 0 bridgehead atoms. The summed E-state index contributed by atoms with van der Waals surface area (Å²) in [5.41, 5.74) is -5.65. The van der Waals surface area contributed by atoms with Crippen LogP contribution in [0.2, 0.25) is 0 Å². The number of rotatable bonds is 16. The van der Waals surface area contributed by atoms with Gasteiger partial charge in [0.15, 0.2) is 10.1 Å². The van der Waals surface area contributed by atoms with Gasteiger partial charge in [-0.15, -0.1) is 0 Å². The maximum absolute atomic E-state index is 10.7. The Labute approximate surface area is 177 Å². The molecule has 29 heavy (non-hydrogen) atoms. The summed E-state index contributed by atoms with van der Waals surface area (Å²) in [6.45, 7) is 15.1. The first kappa shape index (κ1) is 30.9. The van der Waals surface area contributed by atoms with Crippen molar-refractivity contribution < 1.29 is 30.6 Å². The summed E-state index contributed by atoms with van der Waals surface area (Å²) < 4.78 is 60.3. The van der Waals surface area contributed by atoms with Gasteiger partial charge in [0.2, 0.25) is 0 Å². The lowest BCUT2D eigenvalue weighted by atomic mass is 10.1. The van der Waals surface area contributed by atoms with Crippen LogP contribution < -0.4 is 0 Å². The number of halogens is 3. The molecule has 0 fully saturated rings. The fourth-order valence-electron chi connectivity index (χ4n) is 3.38. The molecule has 0 rings (SSSR count). The number of alkyl halides is 3. The number of unbranched alkanes of at least 4 members (excludes halogenated alkanes) is 8. The number of hydrogen-bond acceptors (Lipinski definition) is 3.